The van der Waals surface area contributed by atoms with Crippen LogP contribution in [0, 0.1) is 5.41 Å². The first-order chi connectivity index (χ1) is 19.1. The van der Waals surface area contributed by atoms with Crippen molar-refractivity contribution in [1.82, 2.24) is 24.5 Å². The number of carbonyl (C=O) groups is 2. The van der Waals surface area contributed by atoms with Crippen LogP contribution in [0.5, 0.6) is 0 Å². The molecule has 14 heteroatoms. The van der Waals surface area contributed by atoms with Crippen molar-refractivity contribution in [3.8, 4) is 11.3 Å². The number of hydrogen-bond donors (Lipinski definition) is 2. The lowest BCUT2D eigenvalue weighted by Gasteiger charge is -2.45. The quantitative estimate of drug-likeness (QED) is 0.422. The Balaban J connectivity index is 1.33. The van der Waals surface area contributed by atoms with Gasteiger partial charge in [0.1, 0.15) is 22.7 Å². The first kappa shape index (κ1) is 28.8. The number of halogens is 4. The van der Waals surface area contributed by atoms with Crippen molar-refractivity contribution in [2.45, 2.75) is 64.4 Å². The summed E-state index contributed by atoms with van der Waals surface area (Å²) in [6, 6.07) is 2.99. The van der Waals surface area contributed by atoms with Gasteiger partial charge in [-0.15, -0.1) is 0 Å². The molecule has 3 aromatic rings. The summed E-state index contributed by atoms with van der Waals surface area (Å²) in [7, 11) is 0. The zero-order chi connectivity index (χ0) is 29.9. The van der Waals surface area contributed by atoms with Crippen molar-refractivity contribution in [3.05, 3.63) is 52.3 Å². The number of ether oxygens (including phenoxy) is 1. The van der Waals surface area contributed by atoms with E-state index in [9.17, 15) is 22.8 Å². The van der Waals surface area contributed by atoms with E-state index in [0.717, 1.165) is 18.6 Å². The number of aromatic nitrogens is 4. The maximum Gasteiger partial charge on any atom is 0.416 e. The number of amides is 2. The molecule has 4 N–H and O–H groups in total. The van der Waals surface area contributed by atoms with E-state index in [1.54, 1.807) is 15.8 Å². The second-order valence-corrected chi connectivity index (χ2v) is 12.3. The molecule has 0 unspecified atom stereocenters. The summed E-state index contributed by atoms with van der Waals surface area (Å²) in [5, 5.41) is 9.02. The van der Waals surface area contributed by atoms with Gasteiger partial charge in [-0.25, -0.2) is 9.48 Å². The predicted octanol–water partition coefficient (Wildman–Crippen LogP) is 5.11. The number of carbonyl (C=O) groups excluding carboxylic acids is 2. The molecule has 1 aliphatic heterocycles. The minimum absolute atomic E-state index is 0.0376. The Kier molecular flexibility index (Phi) is 6.99. The number of nitrogens with zero attached hydrogens (tertiary/aromatic N) is 5. The minimum atomic E-state index is -4.51. The number of hydrogen-bond acceptors (Lipinski definition) is 6. The number of likely N-dealkylation sites (tertiary alicyclic amines) is 1. The molecule has 220 valence electrons. The fraction of sp³-hybridized carbons (Fsp3) is 0.481. The van der Waals surface area contributed by atoms with Crippen molar-refractivity contribution in [3.63, 3.8) is 0 Å². The number of nitrogens with two attached hydrogens (primary N) is 2. The lowest BCUT2D eigenvalue weighted by Crippen LogP contribution is -2.43. The molecular weight excluding hydrogens is 563 g/mol. The Bertz CT molecular complexity index is 1500. The van der Waals surface area contributed by atoms with Crippen LogP contribution in [0.1, 0.15) is 67.6 Å². The van der Waals surface area contributed by atoms with E-state index in [1.807, 2.05) is 20.8 Å². The van der Waals surface area contributed by atoms with Crippen LogP contribution < -0.4 is 11.5 Å². The Morgan fingerprint density at radius 3 is 2.56 bits per heavy atom. The van der Waals surface area contributed by atoms with Gasteiger partial charge in [0.05, 0.1) is 24.3 Å². The van der Waals surface area contributed by atoms with E-state index in [2.05, 4.69) is 10.2 Å². The van der Waals surface area contributed by atoms with Gasteiger partial charge in [0.15, 0.2) is 0 Å². The SMILES string of the molecule is CC(C)(C)OC(=O)N1CCC2(CC(n3nc(-c4cnn(Cc5cc(C(F)(F)F)ccc5Cl)c4)c(C(N)=O)c3N)C2)C1. The van der Waals surface area contributed by atoms with Crippen LogP contribution in [0.4, 0.5) is 23.8 Å². The molecule has 0 radical (unpaired) electrons. The van der Waals surface area contributed by atoms with E-state index in [4.69, 9.17) is 27.8 Å². The summed E-state index contributed by atoms with van der Waals surface area (Å²) < 4.78 is 48.0. The Morgan fingerprint density at radius 1 is 1.22 bits per heavy atom. The summed E-state index contributed by atoms with van der Waals surface area (Å²) >= 11 is 6.14. The largest absolute Gasteiger partial charge is 0.444 e. The second kappa shape index (κ2) is 9.97. The highest BCUT2D eigenvalue weighted by molar-refractivity contribution is 6.31. The van der Waals surface area contributed by atoms with Crippen LogP contribution in [0.15, 0.2) is 30.6 Å². The monoisotopic (exact) mass is 593 g/mol. The van der Waals surface area contributed by atoms with Crippen molar-refractivity contribution >= 4 is 29.4 Å². The van der Waals surface area contributed by atoms with Gasteiger partial charge in [-0.1, -0.05) is 11.6 Å². The third kappa shape index (κ3) is 5.72. The molecule has 1 spiro atoms. The van der Waals surface area contributed by atoms with Crippen LogP contribution >= 0.6 is 11.6 Å². The van der Waals surface area contributed by atoms with Crippen molar-refractivity contribution < 1.29 is 27.5 Å². The molecule has 3 heterocycles. The fourth-order valence-electron chi connectivity index (χ4n) is 5.65. The van der Waals surface area contributed by atoms with Crippen molar-refractivity contribution in [2.75, 3.05) is 18.8 Å². The van der Waals surface area contributed by atoms with Crippen LogP contribution in [0.2, 0.25) is 5.02 Å². The molecule has 0 bridgehead atoms. The molecule has 2 amide bonds. The number of benzene rings is 1. The smallest absolute Gasteiger partial charge is 0.416 e. The van der Waals surface area contributed by atoms with Crippen LogP contribution in [0.3, 0.4) is 0 Å². The normalized spacial score (nSPS) is 20.9. The van der Waals surface area contributed by atoms with E-state index >= 15 is 0 Å². The lowest BCUT2D eigenvalue weighted by atomic mass is 9.65. The van der Waals surface area contributed by atoms with E-state index in [1.165, 1.54) is 16.9 Å². The van der Waals surface area contributed by atoms with E-state index < -0.39 is 23.2 Å². The molecule has 1 aliphatic carbocycles. The van der Waals surface area contributed by atoms with Gasteiger partial charge >= 0.3 is 12.3 Å². The first-order valence-corrected chi connectivity index (χ1v) is 13.5. The van der Waals surface area contributed by atoms with E-state index in [-0.39, 0.29) is 51.8 Å². The molecule has 10 nitrogen and oxygen atoms in total. The van der Waals surface area contributed by atoms with Crippen molar-refractivity contribution in [1.29, 1.82) is 0 Å². The third-order valence-corrected chi connectivity index (χ3v) is 7.95. The molecule has 2 fully saturated rings. The van der Waals surface area contributed by atoms with Gasteiger partial charge < -0.3 is 21.1 Å². The first-order valence-electron chi connectivity index (χ1n) is 13.1. The lowest BCUT2D eigenvalue weighted by molar-refractivity contribution is -0.137. The average Bonchev–Trinajstić information content (AvgIpc) is 3.55. The minimum Gasteiger partial charge on any atom is -0.444 e. The van der Waals surface area contributed by atoms with Gasteiger partial charge in [0, 0.05) is 29.9 Å². The fourth-order valence-corrected chi connectivity index (χ4v) is 5.83. The Hall–Kier alpha value is -3.74. The second-order valence-electron chi connectivity index (χ2n) is 11.9. The third-order valence-electron chi connectivity index (χ3n) is 7.58. The van der Waals surface area contributed by atoms with Gasteiger partial charge in [-0.2, -0.15) is 23.4 Å². The maximum absolute atomic E-state index is 13.2. The summed E-state index contributed by atoms with van der Waals surface area (Å²) in [6.45, 7) is 6.62. The molecule has 5 rings (SSSR count). The Morgan fingerprint density at radius 2 is 1.93 bits per heavy atom. The summed E-state index contributed by atoms with van der Waals surface area (Å²) in [6.07, 6.45) is 0.391. The highest BCUT2D eigenvalue weighted by atomic mass is 35.5. The molecule has 0 atom stereocenters. The van der Waals surface area contributed by atoms with Gasteiger partial charge in [0.25, 0.3) is 5.91 Å². The molecule has 2 aliphatic rings. The number of rotatable bonds is 5. The van der Waals surface area contributed by atoms with Crippen LogP contribution in [-0.4, -0.2) is 55.2 Å². The molecule has 1 saturated carbocycles. The number of nitrogen functional groups attached to an aromatic ring is 1. The summed E-state index contributed by atoms with van der Waals surface area (Å²) in [5.41, 5.74) is 11.5. The number of anilines is 1. The molecule has 1 saturated heterocycles. The Labute approximate surface area is 239 Å². The maximum atomic E-state index is 13.2. The predicted molar refractivity (Wildman–Crippen MR) is 145 cm³/mol. The van der Waals surface area contributed by atoms with Gasteiger partial charge in [-0.3, -0.25) is 9.48 Å². The number of primary amides is 1. The number of alkyl halides is 3. The molecule has 41 heavy (non-hydrogen) atoms. The average molecular weight is 594 g/mol. The summed E-state index contributed by atoms with van der Waals surface area (Å²) in [5.74, 6) is -0.633. The highest BCUT2D eigenvalue weighted by Gasteiger charge is 2.51. The zero-order valence-corrected chi connectivity index (χ0v) is 23.6. The van der Waals surface area contributed by atoms with Crippen molar-refractivity contribution in [2.24, 2.45) is 11.1 Å². The standard InChI is InChI=1S/C27H31ClF3N7O3/c1-25(2,3)41-24(40)36-7-6-26(14-36)9-18(10-26)38-22(32)20(23(33)39)21(35-38)16-11-34-37(13-16)12-15-8-17(27(29,30)31)4-5-19(15)28/h4-5,8,11,13,18H,6-7,9-10,12,14,32H2,1-3H3,(H2,33,39). The van der Waals surface area contributed by atoms with Gasteiger partial charge in [0.2, 0.25) is 0 Å². The zero-order valence-electron chi connectivity index (χ0n) is 22.8. The molecule has 1 aromatic carbocycles. The van der Waals surface area contributed by atoms with Crippen LogP contribution in [-0.2, 0) is 17.5 Å². The molecule has 2 aromatic heterocycles. The van der Waals surface area contributed by atoms with Gasteiger partial charge in [-0.05, 0) is 69.2 Å². The topological polar surface area (TPSA) is 134 Å². The van der Waals surface area contributed by atoms with E-state index in [0.29, 0.717) is 31.5 Å². The molecular formula is C27H31ClF3N7O3. The highest BCUT2D eigenvalue weighted by Crippen LogP contribution is 2.55. The van der Waals surface area contributed by atoms with Crippen LogP contribution in [0.25, 0.3) is 11.3 Å². The summed E-state index contributed by atoms with van der Waals surface area (Å²) in [4.78, 5) is 26.6.